The normalized spacial score (nSPS) is 10.2. The van der Waals surface area contributed by atoms with Crippen LogP contribution in [0.5, 0.6) is 11.5 Å². The second-order valence-corrected chi connectivity index (χ2v) is 5.53. The van der Waals surface area contributed by atoms with Gasteiger partial charge in [0, 0.05) is 0 Å². The molecule has 0 saturated carbocycles. The van der Waals surface area contributed by atoms with Crippen LogP contribution in [-0.2, 0) is 4.79 Å². The Morgan fingerprint density at radius 1 is 1.00 bits per heavy atom. The summed E-state index contributed by atoms with van der Waals surface area (Å²) in [5.41, 5.74) is 3.28. The molecule has 1 N–H and O–H groups in total. The van der Waals surface area contributed by atoms with Crippen LogP contribution >= 0.6 is 0 Å². The number of nitrogens with one attached hydrogen (secondary N) is 1. The van der Waals surface area contributed by atoms with Crippen LogP contribution in [-0.4, -0.2) is 25.7 Å². The second-order valence-electron chi connectivity index (χ2n) is 5.53. The summed E-state index contributed by atoms with van der Waals surface area (Å²) in [6.45, 7) is 6.91. The highest BCUT2D eigenvalue weighted by molar-refractivity contribution is 5.77. The molecule has 2 aromatic rings. The van der Waals surface area contributed by atoms with Crippen LogP contribution < -0.4 is 14.8 Å². The summed E-state index contributed by atoms with van der Waals surface area (Å²) in [5, 5.41) is 2.78. The summed E-state index contributed by atoms with van der Waals surface area (Å²) in [6, 6.07) is 13.6. The molecule has 122 valence electrons. The fourth-order valence-corrected chi connectivity index (χ4v) is 2.46. The molecule has 0 aromatic heterocycles. The Morgan fingerprint density at radius 2 is 1.65 bits per heavy atom. The first-order valence-corrected chi connectivity index (χ1v) is 7.71. The number of carbonyl (C=O) groups is 1. The molecule has 23 heavy (non-hydrogen) atoms. The Bertz CT molecular complexity index is 630. The predicted octanol–water partition coefficient (Wildman–Crippen LogP) is 3.19. The summed E-state index contributed by atoms with van der Waals surface area (Å²) in [5.74, 6) is 1.43. The van der Waals surface area contributed by atoms with E-state index in [0.29, 0.717) is 13.2 Å². The Hall–Kier alpha value is -2.49. The van der Waals surface area contributed by atoms with Gasteiger partial charge in [0.05, 0.1) is 6.54 Å². The van der Waals surface area contributed by atoms with Crippen molar-refractivity contribution in [1.29, 1.82) is 0 Å². The van der Waals surface area contributed by atoms with E-state index in [1.807, 2.05) is 63.2 Å². The van der Waals surface area contributed by atoms with E-state index in [1.54, 1.807) is 0 Å². The van der Waals surface area contributed by atoms with Crippen molar-refractivity contribution < 1.29 is 14.3 Å². The van der Waals surface area contributed by atoms with Crippen molar-refractivity contribution in [2.75, 3.05) is 19.8 Å². The molecule has 0 bridgehead atoms. The van der Waals surface area contributed by atoms with Crippen molar-refractivity contribution in [2.24, 2.45) is 0 Å². The number of rotatable bonds is 7. The zero-order valence-electron chi connectivity index (χ0n) is 13.9. The molecular weight excluding hydrogens is 290 g/mol. The van der Waals surface area contributed by atoms with Crippen molar-refractivity contribution >= 4 is 5.91 Å². The zero-order chi connectivity index (χ0) is 16.7. The topological polar surface area (TPSA) is 47.6 Å². The number of hydrogen-bond donors (Lipinski definition) is 1. The van der Waals surface area contributed by atoms with E-state index in [9.17, 15) is 4.79 Å². The first kappa shape index (κ1) is 16.9. The third-order valence-electron chi connectivity index (χ3n) is 3.39. The first-order valence-electron chi connectivity index (χ1n) is 7.71. The molecule has 0 saturated heterocycles. The van der Waals surface area contributed by atoms with Gasteiger partial charge in [-0.2, -0.15) is 0 Å². The predicted molar refractivity (Wildman–Crippen MR) is 91.1 cm³/mol. The van der Waals surface area contributed by atoms with E-state index in [4.69, 9.17) is 9.47 Å². The van der Waals surface area contributed by atoms with Gasteiger partial charge in [-0.1, -0.05) is 35.9 Å². The minimum atomic E-state index is -0.152. The number of hydrogen-bond acceptors (Lipinski definition) is 3. The van der Waals surface area contributed by atoms with Gasteiger partial charge in [0.2, 0.25) is 0 Å². The molecule has 2 rings (SSSR count). The Labute approximate surface area is 137 Å². The van der Waals surface area contributed by atoms with E-state index in [0.717, 1.165) is 22.6 Å². The fraction of sp³-hybridized carbons (Fsp3) is 0.316. The number of aryl methyl sites for hydroxylation is 3. The fourth-order valence-electron chi connectivity index (χ4n) is 2.46. The molecule has 0 unspecified atom stereocenters. The zero-order valence-corrected chi connectivity index (χ0v) is 13.9. The molecule has 2 aromatic carbocycles. The highest BCUT2D eigenvalue weighted by Gasteiger charge is 2.08. The molecule has 1 amide bonds. The lowest BCUT2D eigenvalue weighted by atomic mass is 10.1. The van der Waals surface area contributed by atoms with E-state index in [-0.39, 0.29) is 12.5 Å². The summed E-state index contributed by atoms with van der Waals surface area (Å²) >= 11 is 0. The maximum Gasteiger partial charge on any atom is 0.258 e. The average molecular weight is 313 g/mol. The molecule has 0 fully saturated rings. The highest BCUT2D eigenvalue weighted by atomic mass is 16.5. The van der Waals surface area contributed by atoms with Crippen LogP contribution in [0, 0.1) is 20.8 Å². The van der Waals surface area contributed by atoms with Crippen molar-refractivity contribution in [3.05, 3.63) is 59.2 Å². The minimum absolute atomic E-state index is 0.01000. The monoisotopic (exact) mass is 313 g/mol. The quantitative estimate of drug-likeness (QED) is 0.799. The standard InChI is InChI=1S/C19H23NO3/c1-14-11-15(2)19(16(3)12-14)23-13-18(21)20-9-10-22-17-7-5-4-6-8-17/h4-8,11-12H,9-10,13H2,1-3H3,(H,20,21). The van der Waals surface area contributed by atoms with Gasteiger partial charge >= 0.3 is 0 Å². The van der Waals surface area contributed by atoms with Crippen molar-refractivity contribution in [2.45, 2.75) is 20.8 Å². The van der Waals surface area contributed by atoms with Crippen LogP contribution in [0.4, 0.5) is 0 Å². The molecule has 4 heteroatoms. The van der Waals surface area contributed by atoms with Gasteiger partial charge in [-0.3, -0.25) is 4.79 Å². The third-order valence-corrected chi connectivity index (χ3v) is 3.39. The molecule has 0 aliphatic heterocycles. The first-order chi connectivity index (χ1) is 11.1. The number of carbonyl (C=O) groups excluding carboxylic acids is 1. The van der Waals surface area contributed by atoms with E-state index in [2.05, 4.69) is 5.32 Å². The van der Waals surface area contributed by atoms with Crippen LogP contribution in [0.2, 0.25) is 0 Å². The number of ether oxygens (including phenoxy) is 2. The maximum atomic E-state index is 11.8. The summed E-state index contributed by atoms with van der Waals surface area (Å²) < 4.78 is 11.2. The SMILES string of the molecule is Cc1cc(C)c(OCC(=O)NCCOc2ccccc2)c(C)c1. The van der Waals surface area contributed by atoms with Gasteiger partial charge < -0.3 is 14.8 Å². The smallest absolute Gasteiger partial charge is 0.258 e. The van der Waals surface area contributed by atoms with Crippen LogP contribution in [0.25, 0.3) is 0 Å². The van der Waals surface area contributed by atoms with Crippen LogP contribution in [0.1, 0.15) is 16.7 Å². The van der Waals surface area contributed by atoms with Gasteiger partial charge in [-0.25, -0.2) is 0 Å². The van der Waals surface area contributed by atoms with E-state index >= 15 is 0 Å². The lowest BCUT2D eigenvalue weighted by Crippen LogP contribution is -2.32. The highest BCUT2D eigenvalue weighted by Crippen LogP contribution is 2.24. The van der Waals surface area contributed by atoms with Crippen LogP contribution in [0.3, 0.4) is 0 Å². The minimum Gasteiger partial charge on any atom is -0.492 e. The van der Waals surface area contributed by atoms with Crippen molar-refractivity contribution in [3.8, 4) is 11.5 Å². The van der Waals surface area contributed by atoms with Gasteiger partial charge in [0.25, 0.3) is 5.91 Å². The van der Waals surface area contributed by atoms with Crippen molar-refractivity contribution in [1.82, 2.24) is 5.32 Å². The Kier molecular flexibility index (Phi) is 6.03. The number of benzene rings is 2. The third kappa shape index (κ3) is 5.33. The second kappa shape index (κ2) is 8.22. The molecule has 0 radical (unpaired) electrons. The van der Waals surface area contributed by atoms with Crippen molar-refractivity contribution in [3.63, 3.8) is 0 Å². The largest absolute Gasteiger partial charge is 0.492 e. The van der Waals surface area contributed by atoms with Gasteiger partial charge in [0.15, 0.2) is 6.61 Å². The lowest BCUT2D eigenvalue weighted by molar-refractivity contribution is -0.123. The summed E-state index contributed by atoms with van der Waals surface area (Å²) in [6.07, 6.45) is 0. The molecule has 0 spiro atoms. The Morgan fingerprint density at radius 3 is 2.30 bits per heavy atom. The number of para-hydroxylation sites is 1. The van der Waals surface area contributed by atoms with E-state index < -0.39 is 0 Å². The Balaban J connectivity index is 1.71. The summed E-state index contributed by atoms with van der Waals surface area (Å²) in [7, 11) is 0. The number of amides is 1. The molecular formula is C19H23NO3. The van der Waals surface area contributed by atoms with Gasteiger partial charge in [-0.15, -0.1) is 0 Å². The average Bonchev–Trinajstić information content (AvgIpc) is 2.51. The lowest BCUT2D eigenvalue weighted by Gasteiger charge is -2.13. The maximum absolute atomic E-state index is 11.8. The molecule has 0 aliphatic rings. The van der Waals surface area contributed by atoms with Gasteiger partial charge in [-0.05, 0) is 44.0 Å². The summed E-state index contributed by atoms with van der Waals surface area (Å²) in [4.78, 5) is 11.8. The van der Waals surface area contributed by atoms with Crippen LogP contribution in [0.15, 0.2) is 42.5 Å². The molecule has 0 aliphatic carbocycles. The molecule has 0 heterocycles. The van der Waals surface area contributed by atoms with E-state index in [1.165, 1.54) is 5.56 Å². The molecule has 0 atom stereocenters. The van der Waals surface area contributed by atoms with Gasteiger partial charge in [0.1, 0.15) is 18.1 Å². The molecule has 4 nitrogen and oxygen atoms in total.